The second kappa shape index (κ2) is 9.29. The summed E-state index contributed by atoms with van der Waals surface area (Å²) < 4.78 is 17.1. The van der Waals surface area contributed by atoms with E-state index in [0.29, 0.717) is 38.9 Å². The van der Waals surface area contributed by atoms with Crippen LogP contribution in [0.1, 0.15) is 54.1 Å². The van der Waals surface area contributed by atoms with E-state index in [9.17, 15) is 19.5 Å². The first-order valence-corrected chi connectivity index (χ1v) is 13.4. The highest BCUT2D eigenvalue weighted by atomic mass is 35.5. The molecular formula is C31H26ClFN4O4. The van der Waals surface area contributed by atoms with Gasteiger partial charge in [-0.1, -0.05) is 41.9 Å². The van der Waals surface area contributed by atoms with E-state index < -0.39 is 34.5 Å². The Kier molecular flexibility index (Phi) is 6.06. The number of aliphatic hydroxyl groups is 1. The number of hydrogen-bond donors (Lipinski definition) is 4. The molecule has 1 aliphatic carbocycles. The van der Waals surface area contributed by atoms with Gasteiger partial charge >= 0.3 is 5.69 Å². The Labute approximate surface area is 237 Å². The fourth-order valence-corrected chi connectivity index (χ4v) is 5.95. The average Bonchev–Trinajstić information content (AvgIpc) is 3.28. The number of nitrogens with two attached hydrogens (primary N) is 1. The summed E-state index contributed by atoms with van der Waals surface area (Å²) in [5, 5.41) is 11.7. The third kappa shape index (κ3) is 4.11. The van der Waals surface area contributed by atoms with Crippen LogP contribution in [0.5, 0.6) is 0 Å². The Morgan fingerprint density at radius 2 is 1.83 bits per heavy atom. The van der Waals surface area contributed by atoms with Crippen LogP contribution >= 0.6 is 11.6 Å². The van der Waals surface area contributed by atoms with Crippen molar-refractivity contribution in [3.05, 3.63) is 114 Å². The third-order valence-electron chi connectivity index (χ3n) is 7.83. The molecule has 41 heavy (non-hydrogen) atoms. The van der Waals surface area contributed by atoms with Crippen molar-refractivity contribution in [2.75, 3.05) is 0 Å². The van der Waals surface area contributed by atoms with E-state index in [4.69, 9.17) is 17.3 Å². The number of H-pyrrole nitrogens is 2. The van der Waals surface area contributed by atoms with Crippen LogP contribution in [0.15, 0.2) is 70.0 Å². The van der Waals surface area contributed by atoms with Gasteiger partial charge in [-0.15, -0.1) is 0 Å². The highest BCUT2D eigenvalue weighted by molar-refractivity contribution is 6.34. The zero-order valence-corrected chi connectivity index (χ0v) is 23.2. The summed E-state index contributed by atoms with van der Waals surface area (Å²) in [6, 6.07) is 15.0. The molecule has 0 spiro atoms. The molecule has 0 aliphatic heterocycles. The van der Waals surface area contributed by atoms with E-state index in [1.807, 2.05) is 0 Å². The second-order valence-corrected chi connectivity index (χ2v) is 11.3. The van der Waals surface area contributed by atoms with Crippen molar-refractivity contribution >= 4 is 44.9 Å². The summed E-state index contributed by atoms with van der Waals surface area (Å²) >= 11 is 6.21. The molecule has 0 radical (unpaired) electrons. The van der Waals surface area contributed by atoms with Crippen molar-refractivity contribution in [2.45, 2.75) is 38.7 Å². The quantitative estimate of drug-likeness (QED) is 0.240. The zero-order valence-electron chi connectivity index (χ0n) is 22.4. The number of halogens is 2. The topological polar surface area (TPSA) is 134 Å². The normalized spacial score (nSPS) is 15.5. The number of nitrogens with zero attached hydrogens (tertiary/aromatic N) is 1. The summed E-state index contributed by atoms with van der Waals surface area (Å²) in [4.78, 5) is 45.0. The van der Waals surface area contributed by atoms with Crippen molar-refractivity contribution in [2.24, 2.45) is 5.73 Å². The van der Waals surface area contributed by atoms with Gasteiger partial charge in [0, 0.05) is 34.2 Å². The number of benzene rings is 3. The molecule has 10 heteroatoms. The molecule has 8 nitrogen and oxygen atoms in total. The predicted octanol–water partition coefficient (Wildman–Crippen LogP) is 5.05. The fourth-order valence-electron chi connectivity index (χ4n) is 5.73. The van der Waals surface area contributed by atoms with E-state index in [0.717, 1.165) is 4.57 Å². The van der Waals surface area contributed by atoms with Gasteiger partial charge in [0.05, 0.1) is 33.1 Å². The van der Waals surface area contributed by atoms with Gasteiger partial charge in [-0.05, 0) is 61.7 Å². The van der Waals surface area contributed by atoms with Crippen molar-refractivity contribution in [1.29, 1.82) is 0 Å². The molecule has 1 atom stereocenters. The van der Waals surface area contributed by atoms with Crippen molar-refractivity contribution in [3.63, 3.8) is 0 Å². The minimum Gasteiger partial charge on any atom is -0.386 e. The molecule has 208 valence electrons. The Morgan fingerprint density at radius 3 is 2.54 bits per heavy atom. The van der Waals surface area contributed by atoms with Crippen molar-refractivity contribution < 1.29 is 14.3 Å². The molecule has 5 N–H and O–H groups in total. The lowest BCUT2D eigenvalue weighted by Gasteiger charge is -2.24. The van der Waals surface area contributed by atoms with Crippen LogP contribution in [0.3, 0.4) is 0 Å². The largest absolute Gasteiger partial charge is 0.386 e. The number of allylic oxidation sites excluding steroid dienone is 1. The number of primary amides is 1. The minimum atomic E-state index is -1.12. The summed E-state index contributed by atoms with van der Waals surface area (Å²) in [6.07, 6.45) is -0.249. The lowest BCUT2D eigenvalue weighted by Crippen LogP contribution is -2.34. The molecule has 2 heterocycles. The summed E-state index contributed by atoms with van der Waals surface area (Å²) in [6.45, 7) is 5.03. The number of nitrogens with one attached hydrogen (secondary N) is 2. The van der Waals surface area contributed by atoms with Crippen LogP contribution in [0.2, 0.25) is 5.02 Å². The molecule has 0 saturated carbocycles. The highest BCUT2D eigenvalue weighted by Crippen LogP contribution is 2.47. The molecule has 1 aliphatic rings. The number of carbonyl (C=O) groups is 1. The van der Waals surface area contributed by atoms with Gasteiger partial charge < -0.3 is 20.8 Å². The van der Waals surface area contributed by atoms with Crippen molar-refractivity contribution in [3.8, 4) is 5.69 Å². The molecular weight excluding hydrogens is 547 g/mol. The molecule has 0 saturated heterocycles. The van der Waals surface area contributed by atoms with Crippen LogP contribution in [0.25, 0.3) is 33.1 Å². The molecule has 0 fully saturated rings. The maximum atomic E-state index is 16.1. The molecule has 6 rings (SSSR count). The second-order valence-electron chi connectivity index (χ2n) is 10.9. The monoisotopic (exact) mass is 572 g/mol. The van der Waals surface area contributed by atoms with E-state index in [1.165, 1.54) is 0 Å². The maximum absolute atomic E-state index is 16.1. The lowest BCUT2D eigenvalue weighted by atomic mass is 9.81. The van der Waals surface area contributed by atoms with Crippen LogP contribution in [-0.2, 0) is 10.4 Å². The molecule has 2 aromatic heterocycles. The zero-order chi connectivity index (χ0) is 29.4. The number of carbonyl (C=O) groups excluding carboxylic acids is 1. The first kappa shape index (κ1) is 26.7. The van der Waals surface area contributed by atoms with Gasteiger partial charge in [0.15, 0.2) is 0 Å². The lowest BCUT2D eigenvalue weighted by molar-refractivity contribution is -0.119. The van der Waals surface area contributed by atoms with E-state index in [-0.39, 0.29) is 33.6 Å². The number of rotatable bonds is 4. The predicted molar refractivity (Wildman–Crippen MR) is 157 cm³/mol. The van der Waals surface area contributed by atoms with Crippen molar-refractivity contribution in [1.82, 2.24) is 14.5 Å². The van der Waals surface area contributed by atoms with Crippen LogP contribution in [-0.4, -0.2) is 25.5 Å². The molecule has 3 aromatic carbocycles. The van der Waals surface area contributed by atoms with E-state index in [1.54, 1.807) is 75.4 Å². The summed E-state index contributed by atoms with van der Waals surface area (Å²) in [5.74, 6) is -2.14. The van der Waals surface area contributed by atoms with Gasteiger partial charge in [-0.3, -0.25) is 9.59 Å². The van der Waals surface area contributed by atoms with Crippen LogP contribution in [0, 0.1) is 6.92 Å². The van der Waals surface area contributed by atoms with Crippen LogP contribution in [0.4, 0.5) is 4.39 Å². The van der Waals surface area contributed by atoms with Crippen LogP contribution < -0.4 is 17.0 Å². The number of amides is 1. The number of fused-ring (bicyclic) bond motifs is 4. The smallest absolute Gasteiger partial charge is 0.333 e. The Hall–Kier alpha value is -4.47. The summed E-state index contributed by atoms with van der Waals surface area (Å²) in [7, 11) is 0. The molecule has 1 unspecified atom stereocenters. The van der Waals surface area contributed by atoms with Gasteiger partial charge in [-0.25, -0.2) is 13.8 Å². The summed E-state index contributed by atoms with van der Waals surface area (Å²) in [5.41, 5.74) is 7.21. The highest BCUT2D eigenvalue weighted by Gasteiger charge is 2.35. The Bertz CT molecular complexity index is 2080. The molecule has 0 bridgehead atoms. The Morgan fingerprint density at radius 1 is 1.10 bits per heavy atom. The SMILES string of the molecule is Cc1c(C2=C(F)CC(C(N)=O)c3[nH]c4cc(C(C)(C)O)ccc4c32)cccc1-n1c(=O)[nH]c2c(Cl)cccc2c1=O. The van der Waals surface area contributed by atoms with Gasteiger partial charge in [0.2, 0.25) is 5.91 Å². The first-order valence-electron chi connectivity index (χ1n) is 13.0. The minimum absolute atomic E-state index is 0.232. The Balaban J connectivity index is 1.62. The van der Waals surface area contributed by atoms with E-state index in [2.05, 4.69) is 9.97 Å². The fraction of sp³-hybridized carbons (Fsp3) is 0.194. The van der Waals surface area contributed by atoms with Gasteiger partial charge in [0.25, 0.3) is 5.56 Å². The number of aromatic nitrogens is 3. The van der Waals surface area contributed by atoms with E-state index >= 15 is 4.39 Å². The third-order valence-corrected chi connectivity index (χ3v) is 8.14. The standard InChI is InChI=1S/C31H26ClFN4O4/c1-14-16(6-5-9-23(14)37-29(39)18-7-4-8-20(32)26(18)36-30(37)40)24-21(33)13-19(28(34)38)27-25(24)17-11-10-15(31(2,3)41)12-22(17)35-27/h4-12,19,35,41H,13H2,1-3H3,(H2,34,38)(H,36,40). The number of aromatic amines is 2. The average molecular weight is 573 g/mol. The van der Waals surface area contributed by atoms with Gasteiger partial charge in [-0.2, -0.15) is 0 Å². The number of hydrogen-bond acceptors (Lipinski definition) is 4. The van der Waals surface area contributed by atoms with Gasteiger partial charge in [0.1, 0.15) is 5.83 Å². The maximum Gasteiger partial charge on any atom is 0.333 e. The molecule has 1 amide bonds. The first-order chi connectivity index (χ1) is 19.4. The number of para-hydroxylation sites is 1. The molecule has 5 aromatic rings.